The van der Waals surface area contributed by atoms with Crippen molar-refractivity contribution in [2.45, 2.75) is 39.3 Å². The molecule has 1 fully saturated rings. The first kappa shape index (κ1) is 19.5. The summed E-state index contributed by atoms with van der Waals surface area (Å²) in [6.45, 7) is 8.93. The van der Waals surface area contributed by atoms with Gasteiger partial charge in [-0.25, -0.2) is 0 Å². The molecule has 7 heteroatoms. The lowest BCUT2D eigenvalue weighted by molar-refractivity contribution is -0.135. The molecular formula is C20H29N3O4. The Hall–Kier alpha value is -2.28. The Morgan fingerprint density at radius 1 is 1.19 bits per heavy atom. The number of rotatable bonds is 5. The van der Waals surface area contributed by atoms with Crippen molar-refractivity contribution in [2.24, 2.45) is 0 Å². The van der Waals surface area contributed by atoms with Crippen LogP contribution in [0.1, 0.15) is 36.2 Å². The number of hydrogen-bond acceptors (Lipinski definition) is 5. The molecule has 1 aromatic rings. The number of hydrogen-bond donors (Lipinski definition) is 1. The number of fused-ring (bicyclic) bond motifs is 1. The Kier molecular flexibility index (Phi) is 5.89. The molecule has 0 aromatic heterocycles. The van der Waals surface area contributed by atoms with Crippen LogP contribution in [-0.4, -0.2) is 73.6 Å². The molecule has 1 aromatic carbocycles. The third kappa shape index (κ3) is 4.03. The molecule has 1 N–H and O–H groups in total. The number of nitrogens with zero attached hydrogens (tertiary/aromatic N) is 2. The first-order valence-electron chi connectivity index (χ1n) is 9.64. The zero-order valence-electron chi connectivity index (χ0n) is 16.6. The highest BCUT2D eigenvalue weighted by molar-refractivity contribution is 5.96. The van der Waals surface area contributed by atoms with Gasteiger partial charge < -0.3 is 19.7 Å². The zero-order valence-corrected chi connectivity index (χ0v) is 16.6. The summed E-state index contributed by atoms with van der Waals surface area (Å²) in [5.41, 5.74) is 1.43. The van der Waals surface area contributed by atoms with Gasteiger partial charge in [0.1, 0.15) is 13.2 Å². The van der Waals surface area contributed by atoms with E-state index in [1.807, 2.05) is 43.7 Å². The molecule has 0 bridgehead atoms. The molecule has 0 saturated carbocycles. The number of nitrogens with one attached hydrogen (secondary N) is 1. The predicted octanol–water partition coefficient (Wildman–Crippen LogP) is 1.44. The highest BCUT2D eigenvalue weighted by Crippen LogP contribution is 2.33. The molecule has 0 aliphatic carbocycles. The van der Waals surface area contributed by atoms with Gasteiger partial charge in [-0.15, -0.1) is 0 Å². The number of carbonyl (C=O) groups excluding carboxylic acids is 2. The van der Waals surface area contributed by atoms with Gasteiger partial charge in [-0.1, -0.05) is 0 Å². The van der Waals surface area contributed by atoms with Crippen LogP contribution in [0.4, 0.5) is 0 Å². The maximum absolute atomic E-state index is 12.8. The Balaban J connectivity index is 1.67. The Morgan fingerprint density at radius 3 is 2.44 bits per heavy atom. The van der Waals surface area contributed by atoms with E-state index in [0.29, 0.717) is 56.3 Å². The Labute approximate surface area is 160 Å². The van der Waals surface area contributed by atoms with E-state index in [-0.39, 0.29) is 23.9 Å². The lowest BCUT2D eigenvalue weighted by Gasteiger charge is -2.26. The minimum absolute atomic E-state index is 0.0559. The van der Waals surface area contributed by atoms with Crippen LogP contribution in [0.5, 0.6) is 11.5 Å². The molecule has 7 nitrogen and oxygen atoms in total. The summed E-state index contributed by atoms with van der Waals surface area (Å²) < 4.78 is 11.2. The monoisotopic (exact) mass is 375 g/mol. The van der Waals surface area contributed by atoms with Gasteiger partial charge in [-0.2, -0.15) is 0 Å². The van der Waals surface area contributed by atoms with Crippen molar-refractivity contribution >= 4 is 11.8 Å². The molecule has 1 saturated heterocycles. The van der Waals surface area contributed by atoms with Gasteiger partial charge >= 0.3 is 0 Å². The number of amides is 2. The van der Waals surface area contributed by atoms with E-state index >= 15 is 0 Å². The Bertz CT molecular complexity index is 717. The molecule has 0 radical (unpaired) electrons. The lowest BCUT2D eigenvalue weighted by Crippen LogP contribution is -2.44. The third-order valence-electron chi connectivity index (χ3n) is 5.38. The number of ether oxygens (including phenoxy) is 2. The van der Waals surface area contributed by atoms with Crippen molar-refractivity contribution in [1.29, 1.82) is 0 Å². The van der Waals surface area contributed by atoms with Gasteiger partial charge in [0.2, 0.25) is 5.91 Å². The topological polar surface area (TPSA) is 71.1 Å². The molecule has 2 atom stereocenters. The average Bonchev–Trinajstić information content (AvgIpc) is 3.02. The smallest absolute Gasteiger partial charge is 0.251 e. The van der Waals surface area contributed by atoms with Crippen LogP contribution < -0.4 is 14.8 Å². The van der Waals surface area contributed by atoms with E-state index in [1.165, 1.54) is 0 Å². The number of carbonyl (C=O) groups is 2. The van der Waals surface area contributed by atoms with Crippen molar-refractivity contribution in [2.75, 3.05) is 39.9 Å². The number of benzene rings is 1. The normalized spacial score (nSPS) is 21.8. The van der Waals surface area contributed by atoms with E-state index in [2.05, 4.69) is 5.32 Å². The van der Waals surface area contributed by atoms with E-state index < -0.39 is 0 Å². The summed E-state index contributed by atoms with van der Waals surface area (Å²) >= 11 is 0. The van der Waals surface area contributed by atoms with E-state index in [9.17, 15) is 9.59 Å². The average molecular weight is 375 g/mol. The molecule has 2 aliphatic rings. The van der Waals surface area contributed by atoms with Crippen molar-refractivity contribution < 1.29 is 19.1 Å². The molecule has 148 valence electrons. The second-order valence-corrected chi connectivity index (χ2v) is 7.18. The van der Waals surface area contributed by atoms with Crippen molar-refractivity contribution in [1.82, 2.24) is 15.1 Å². The fraction of sp³-hybridized carbons (Fsp3) is 0.600. The van der Waals surface area contributed by atoms with Crippen LogP contribution in [0.15, 0.2) is 12.1 Å². The minimum atomic E-state index is -0.184. The van der Waals surface area contributed by atoms with E-state index in [0.717, 1.165) is 5.56 Å². The predicted molar refractivity (Wildman–Crippen MR) is 102 cm³/mol. The summed E-state index contributed by atoms with van der Waals surface area (Å²) in [5, 5.41) is 3.09. The maximum Gasteiger partial charge on any atom is 0.251 e. The SMILES string of the molecule is CCN(CC)C(=O)[C@@H]1C[C@@H](NC(=O)c2cc3c(cc2C)OCCO3)CN1C. The first-order valence-corrected chi connectivity index (χ1v) is 9.64. The van der Waals surface area contributed by atoms with Gasteiger partial charge in [-0.05, 0) is 51.9 Å². The quantitative estimate of drug-likeness (QED) is 0.843. The van der Waals surface area contributed by atoms with Crippen molar-refractivity contribution in [3.05, 3.63) is 23.3 Å². The summed E-state index contributed by atoms with van der Waals surface area (Å²) in [7, 11) is 1.94. The maximum atomic E-state index is 12.8. The van der Waals surface area contributed by atoms with Gasteiger partial charge in [0.05, 0.1) is 6.04 Å². The number of likely N-dealkylation sites (tertiary alicyclic amines) is 1. The standard InChI is InChI=1S/C20H29N3O4/c1-5-23(6-2)20(25)16-10-14(12-22(16)4)21-19(24)15-11-18-17(9-13(15)3)26-7-8-27-18/h9,11,14,16H,5-8,10,12H2,1-4H3,(H,21,24)/t14-,16+/m1/s1. The fourth-order valence-corrected chi connectivity index (χ4v) is 3.84. The molecule has 27 heavy (non-hydrogen) atoms. The molecule has 3 rings (SSSR count). The third-order valence-corrected chi connectivity index (χ3v) is 5.38. The molecule has 2 heterocycles. The van der Waals surface area contributed by atoms with E-state index in [1.54, 1.807) is 6.07 Å². The van der Waals surface area contributed by atoms with Crippen LogP contribution in [-0.2, 0) is 4.79 Å². The summed E-state index contributed by atoms with van der Waals surface area (Å²) in [6, 6.07) is 3.35. The molecule has 0 spiro atoms. The van der Waals surface area contributed by atoms with Crippen LogP contribution in [0.2, 0.25) is 0 Å². The first-order chi connectivity index (χ1) is 12.9. The summed E-state index contributed by atoms with van der Waals surface area (Å²) in [6.07, 6.45) is 0.626. The van der Waals surface area contributed by atoms with Crippen LogP contribution in [0, 0.1) is 6.92 Å². The van der Waals surface area contributed by atoms with Gasteiger partial charge in [-0.3, -0.25) is 14.5 Å². The lowest BCUT2D eigenvalue weighted by atomic mass is 10.1. The van der Waals surface area contributed by atoms with Gasteiger partial charge in [0.15, 0.2) is 11.5 Å². The summed E-state index contributed by atoms with van der Waals surface area (Å²) in [5.74, 6) is 1.28. The Morgan fingerprint density at radius 2 is 1.81 bits per heavy atom. The van der Waals surface area contributed by atoms with Crippen molar-refractivity contribution in [3.8, 4) is 11.5 Å². The second-order valence-electron chi connectivity index (χ2n) is 7.18. The van der Waals surface area contributed by atoms with E-state index in [4.69, 9.17) is 9.47 Å². The molecule has 0 unspecified atom stereocenters. The highest BCUT2D eigenvalue weighted by atomic mass is 16.6. The van der Waals surface area contributed by atoms with Gasteiger partial charge in [0.25, 0.3) is 5.91 Å². The van der Waals surface area contributed by atoms with Crippen molar-refractivity contribution in [3.63, 3.8) is 0 Å². The summed E-state index contributed by atoms with van der Waals surface area (Å²) in [4.78, 5) is 29.4. The molecular weight excluding hydrogens is 346 g/mol. The van der Waals surface area contributed by atoms with Crippen LogP contribution >= 0.6 is 0 Å². The van der Waals surface area contributed by atoms with Crippen LogP contribution in [0.3, 0.4) is 0 Å². The number of likely N-dealkylation sites (N-methyl/N-ethyl adjacent to an activating group) is 2. The van der Waals surface area contributed by atoms with Gasteiger partial charge in [0, 0.05) is 31.2 Å². The largest absolute Gasteiger partial charge is 0.486 e. The highest BCUT2D eigenvalue weighted by Gasteiger charge is 2.37. The van der Waals surface area contributed by atoms with Crippen LogP contribution in [0.25, 0.3) is 0 Å². The minimum Gasteiger partial charge on any atom is -0.486 e. The molecule has 2 aliphatic heterocycles. The molecule has 2 amide bonds. The zero-order chi connectivity index (χ0) is 19.6. The second kappa shape index (κ2) is 8.17. The fourth-order valence-electron chi connectivity index (χ4n) is 3.84. The number of aryl methyl sites for hydroxylation is 1.